The molecule has 0 unspecified atom stereocenters. The van der Waals surface area contributed by atoms with Crippen LogP contribution in [0.25, 0.3) is 0 Å². The van der Waals surface area contributed by atoms with Crippen LogP contribution in [0.15, 0.2) is 18.2 Å². The van der Waals surface area contributed by atoms with Gasteiger partial charge in [0.25, 0.3) is 0 Å². The van der Waals surface area contributed by atoms with Crippen molar-refractivity contribution in [3.05, 3.63) is 29.6 Å². The van der Waals surface area contributed by atoms with Crippen LogP contribution in [0.3, 0.4) is 0 Å². The largest absolute Gasteiger partial charge is 0.460 e. The molecule has 0 saturated heterocycles. The van der Waals surface area contributed by atoms with E-state index in [1.807, 2.05) is 0 Å². The van der Waals surface area contributed by atoms with E-state index in [0.29, 0.717) is 5.56 Å². The first kappa shape index (κ1) is 15.9. The molecule has 0 aliphatic heterocycles. The molecule has 5 nitrogen and oxygen atoms in total. The number of carbonyl (C=O) groups excluding carboxylic acids is 2. The minimum Gasteiger partial charge on any atom is -0.460 e. The highest BCUT2D eigenvalue weighted by Gasteiger charge is 2.16. The van der Waals surface area contributed by atoms with Gasteiger partial charge in [-0.15, -0.1) is 0 Å². The molecule has 1 aromatic rings. The summed E-state index contributed by atoms with van der Waals surface area (Å²) in [6.45, 7) is 5.30. The number of primary amides is 1. The number of amides is 1. The van der Waals surface area contributed by atoms with E-state index in [2.05, 4.69) is 4.74 Å². The summed E-state index contributed by atoms with van der Waals surface area (Å²) in [5.74, 6) is -0.933. The average Bonchev–Trinajstić information content (AvgIpc) is 2.24. The summed E-state index contributed by atoms with van der Waals surface area (Å²) in [5, 5.41) is 0. The molecule has 0 atom stereocenters. The highest BCUT2D eigenvalue weighted by Crippen LogP contribution is 2.18. The number of benzene rings is 1. The summed E-state index contributed by atoms with van der Waals surface area (Å²) in [6, 6.07) is 3.91. The van der Waals surface area contributed by atoms with Gasteiger partial charge in [-0.2, -0.15) is 0 Å². The van der Waals surface area contributed by atoms with E-state index in [1.54, 1.807) is 20.8 Å². The molecule has 2 N–H and O–H groups in total. The van der Waals surface area contributed by atoms with Gasteiger partial charge in [0, 0.05) is 12.5 Å². The van der Waals surface area contributed by atoms with E-state index < -0.39 is 23.5 Å². The molecule has 110 valence electrons. The first-order chi connectivity index (χ1) is 9.17. The fourth-order valence-corrected chi connectivity index (χ4v) is 1.54. The van der Waals surface area contributed by atoms with Gasteiger partial charge in [0.15, 0.2) is 0 Å². The second-order valence-electron chi connectivity index (χ2n) is 5.26. The molecule has 0 saturated carbocycles. The van der Waals surface area contributed by atoms with Gasteiger partial charge < -0.3 is 15.2 Å². The van der Waals surface area contributed by atoms with Crippen molar-refractivity contribution in [2.45, 2.75) is 39.2 Å². The van der Waals surface area contributed by atoms with Crippen molar-refractivity contribution >= 4 is 12.1 Å². The predicted octanol–water partition coefficient (Wildman–Crippen LogP) is 2.56. The van der Waals surface area contributed by atoms with Crippen molar-refractivity contribution in [2.75, 3.05) is 0 Å². The van der Waals surface area contributed by atoms with Gasteiger partial charge in [-0.1, -0.05) is 6.07 Å². The van der Waals surface area contributed by atoms with Crippen molar-refractivity contribution in [2.24, 2.45) is 5.73 Å². The van der Waals surface area contributed by atoms with Crippen LogP contribution in [0.4, 0.5) is 9.18 Å². The normalized spacial score (nSPS) is 11.0. The summed E-state index contributed by atoms with van der Waals surface area (Å²) in [7, 11) is 0. The Bertz CT molecular complexity index is 508. The molecule has 6 heteroatoms. The van der Waals surface area contributed by atoms with Crippen LogP contribution < -0.4 is 10.5 Å². The topological polar surface area (TPSA) is 78.6 Å². The molecular formula is C14H18FNO4. The van der Waals surface area contributed by atoms with Crippen LogP contribution in [-0.2, 0) is 16.0 Å². The lowest BCUT2D eigenvalue weighted by molar-refractivity contribution is -0.154. The van der Waals surface area contributed by atoms with Gasteiger partial charge >= 0.3 is 12.1 Å². The number of rotatable bonds is 4. The van der Waals surface area contributed by atoms with Crippen molar-refractivity contribution in [3.8, 4) is 5.75 Å². The first-order valence-electron chi connectivity index (χ1n) is 6.15. The van der Waals surface area contributed by atoms with Gasteiger partial charge in [-0.3, -0.25) is 4.79 Å². The third-order valence-electron chi connectivity index (χ3n) is 2.26. The average molecular weight is 283 g/mol. The monoisotopic (exact) mass is 283 g/mol. The molecule has 0 heterocycles. The van der Waals surface area contributed by atoms with Crippen molar-refractivity contribution in [1.29, 1.82) is 0 Å². The van der Waals surface area contributed by atoms with E-state index in [4.69, 9.17) is 10.5 Å². The maximum Gasteiger partial charge on any atom is 0.409 e. The Morgan fingerprint density at radius 1 is 1.30 bits per heavy atom. The Kier molecular flexibility index (Phi) is 5.07. The number of aryl methyl sites for hydroxylation is 1. The zero-order chi connectivity index (χ0) is 15.3. The smallest absolute Gasteiger partial charge is 0.409 e. The fraction of sp³-hybridized carbons (Fsp3) is 0.429. The molecule has 0 aliphatic rings. The van der Waals surface area contributed by atoms with Gasteiger partial charge in [-0.05, 0) is 38.8 Å². The number of carbonyl (C=O) groups is 2. The van der Waals surface area contributed by atoms with Crippen LogP contribution in [-0.4, -0.2) is 17.7 Å². The Hall–Kier alpha value is -2.11. The standard InChI is InChI=1S/C14H18FNO4/c1-14(2,3)20-12(17)7-5-9-4-6-10(8-11(9)15)19-13(16)18/h4,6,8H,5,7H2,1-3H3,(H2,16,18). The SMILES string of the molecule is CC(C)(C)OC(=O)CCc1ccc(OC(N)=O)cc1F. The number of ether oxygens (including phenoxy) is 2. The van der Waals surface area contributed by atoms with E-state index in [1.165, 1.54) is 12.1 Å². The summed E-state index contributed by atoms with van der Waals surface area (Å²) >= 11 is 0. The second kappa shape index (κ2) is 6.36. The van der Waals surface area contributed by atoms with E-state index in [9.17, 15) is 14.0 Å². The van der Waals surface area contributed by atoms with Crippen molar-refractivity contribution in [1.82, 2.24) is 0 Å². The lowest BCUT2D eigenvalue weighted by Gasteiger charge is -2.19. The molecule has 0 radical (unpaired) electrons. The molecule has 20 heavy (non-hydrogen) atoms. The lowest BCUT2D eigenvalue weighted by atomic mass is 10.1. The Morgan fingerprint density at radius 3 is 2.45 bits per heavy atom. The van der Waals surface area contributed by atoms with E-state index >= 15 is 0 Å². The zero-order valence-corrected chi connectivity index (χ0v) is 11.7. The summed E-state index contributed by atoms with van der Waals surface area (Å²) in [5.41, 5.74) is 4.60. The Morgan fingerprint density at radius 2 is 1.95 bits per heavy atom. The van der Waals surface area contributed by atoms with Gasteiger partial charge in [0.05, 0.1) is 0 Å². The fourth-order valence-electron chi connectivity index (χ4n) is 1.54. The molecule has 0 bridgehead atoms. The predicted molar refractivity (Wildman–Crippen MR) is 70.8 cm³/mol. The minimum atomic E-state index is -1.01. The minimum absolute atomic E-state index is 0.0241. The van der Waals surface area contributed by atoms with Crippen molar-refractivity contribution < 1.29 is 23.5 Å². The number of esters is 1. The quantitative estimate of drug-likeness (QED) is 0.861. The lowest BCUT2D eigenvalue weighted by Crippen LogP contribution is -2.24. The first-order valence-corrected chi connectivity index (χ1v) is 6.15. The highest BCUT2D eigenvalue weighted by molar-refractivity contribution is 5.70. The molecule has 0 aliphatic carbocycles. The van der Waals surface area contributed by atoms with Crippen LogP contribution in [0.1, 0.15) is 32.8 Å². The van der Waals surface area contributed by atoms with Crippen LogP contribution in [0.5, 0.6) is 5.75 Å². The number of nitrogens with two attached hydrogens (primary N) is 1. The molecule has 1 amide bonds. The maximum absolute atomic E-state index is 13.7. The molecule has 0 fully saturated rings. The Labute approximate surface area is 116 Å². The van der Waals surface area contributed by atoms with Gasteiger partial charge in [0.2, 0.25) is 0 Å². The van der Waals surface area contributed by atoms with Crippen molar-refractivity contribution in [3.63, 3.8) is 0 Å². The van der Waals surface area contributed by atoms with Crippen LogP contribution in [0.2, 0.25) is 0 Å². The molecule has 1 aromatic carbocycles. The van der Waals surface area contributed by atoms with E-state index in [-0.39, 0.29) is 18.6 Å². The molecule has 0 aromatic heterocycles. The maximum atomic E-state index is 13.7. The third-order valence-corrected chi connectivity index (χ3v) is 2.26. The summed E-state index contributed by atoms with van der Waals surface area (Å²) in [4.78, 5) is 22.1. The van der Waals surface area contributed by atoms with Gasteiger partial charge in [0.1, 0.15) is 17.2 Å². The molecule has 1 rings (SSSR count). The summed E-state index contributed by atoms with van der Waals surface area (Å²) in [6.07, 6.45) is -0.729. The highest BCUT2D eigenvalue weighted by atomic mass is 19.1. The van der Waals surface area contributed by atoms with Gasteiger partial charge in [-0.25, -0.2) is 9.18 Å². The number of hydrogen-bond acceptors (Lipinski definition) is 4. The third kappa shape index (κ3) is 5.69. The Balaban J connectivity index is 2.61. The number of halogens is 1. The van der Waals surface area contributed by atoms with Crippen LogP contribution >= 0.6 is 0 Å². The zero-order valence-electron chi connectivity index (χ0n) is 11.7. The van der Waals surface area contributed by atoms with E-state index in [0.717, 1.165) is 6.07 Å². The number of hydrogen-bond donors (Lipinski definition) is 1. The molecular weight excluding hydrogens is 265 g/mol. The second-order valence-corrected chi connectivity index (χ2v) is 5.26. The molecule has 0 spiro atoms. The van der Waals surface area contributed by atoms with Crippen LogP contribution in [0, 0.1) is 5.82 Å². The summed E-state index contributed by atoms with van der Waals surface area (Å²) < 4.78 is 23.4.